The van der Waals surface area contributed by atoms with Gasteiger partial charge in [-0.3, -0.25) is 4.79 Å². The Kier molecular flexibility index (Phi) is 2.57. The van der Waals surface area contributed by atoms with Crippen LogP contribution in [-0.2, 0) is 6.42 Å². The number of aromatic nitrogens is 1. The van der Waals surface area contributed by atoms with E-state index < -0.39 is 0 Å². The lowest BCUT2D eigenvalue weighted by molar-refractivity contribution is 0.112. The Balaban J connectivity index is 2.79. The monoisotopic (exact) mass is 155 g/mol. The number of rotatable bonds is 3. The first-order valence-electron chi connectivity index (χ1n) is 3.27. The summed E-state index contributed by atoms with van der Waals surface area (Å²) in [7, 11) is 0. The van der Waals surface area contributed by atoms with Gasteiger partial charge >= 0.3 is 0 Å². The number of aldehydes is 1. The maximum absolute atomic E-state index is 10.3. The molecule has 0 saturated carbocycles. The van der Waals surface area contributed by atoms with E-state index in [-0.39, 0.29) is 0 Å². The molecular formula is C7H9NOS. The summed E-state index contributed by atoms with van der Waals surface area (Å²) in [5.41, 5.74) is 1.70. The normalized spacial score (nSPS) is 9.70. The number of hydrogen-bond acceptors (Lipinski definition) is 3. The molecule has 0 radical (unpaired) electrons. The van der Waals surface area contributed by atoms with Gasteiger partial charge in [-0.1, -0.05) is 13.3 Å². The fourth-order valence-electron chi connectivity index (χ4n) is 0.790. The highest BCUT2D eigenvalue weighted by atomic mass is 32.1. The van der Waals surface area contributed by atoms with Crippen molar-refractivity contribution in [1.29, 1.82) is 0 Å². The average Bonchev–Trinajstić information content (AvgIpc) is 2.36. The van der Waals surface area contributed by atoms with E-state index in [2.05, 4.69) is 11.3 Å². The highest BCUT2D eigenvalue weighted by Crippen LogP contribution is 2.09. The summed E-state index contributed by atoms with van der Waals surface area (Å²) in [6.07, 6.45) is 2.83. The number of nitrogens with zero attached hydrogens (tertiary/aromatic N) is 1. The third-order valence-electron chi connectivity index (χ3n) is 1.29. The van der Waals surface area contributed by atoms with Crippen LogP contribution in [0.25, 0.3) is 0 Å². The first-order chi connectivity index (χ1) is 4.88. The van der Waals surface area contributed by atoms with Gasteiger partial charge in [0.25, 0.3) is 0 Å². The molecule has 0 spiro atoms. The Bertz CT molecular complexity index is 219. The minimum Gasteiger partial charge on any atom is -0.298 e. The Morgan fingerprint density at radius 1 is 1.80 bits per heavy atom. The summed E-state index contributed by atoms with van der Waals surface area (Å²) in [6, 6.07) is 0. The summed E-state index contributed by atoms with van der Waals surface area (Å²) in [5, 5.41) is 1.79. The standard InChI is InChI=1S/C7H9NOS/c1-2-3-7-6(4-9)5-10-8-7/h4-5H,2-3H2,1H3. The van der Waals surface area contributed by atoms with E-state index in [9.17, 15) is 4.79 Å². The van der Waals surface area contributed by atoms with Crippen molar-refractivity contribution in [3.05, 3.63) is 16.6 Å². The molecule has 1 rings (SSSR count). The van der Waals surface area contributed by atoms with Gasteiger partial charge in [0.15, 0.2) is 6.29 Å². The van der Waals surface area contributed by atoms with Crippen molar-refractivity contribution in [2.45, 2.75) is 19.8 Å². The number of aryl methyl sites for hydroxylation is 1. The van der Waals surface area contributed by atoms with Crippen LogP contribution in [0.4, 0.5) is 0 Å². The molecule has 0 amide bonds. The fourth-order valence-corrected chi connectivity index (χ4v) is 1.47. The van der Waals surface area contributed by atoms with Crippen molar-refractivity contribution < 1.29 is 4.79 Å². The highest BCUT2D eigenvalue weighted by molar-refractivity contribution is 7.03. The van der Waals surface area contributed by atoms with Crippen molar-refractivity contribution in [3.63, 3.8) is 0 Å². The average molecular weight is 155 g/mol. The highest BCUT2D eigenvalue weighted by Gasteiger charge is 2.01. The molecule has 0 saturated heterocycles. The third-order valence-corrected chi connectivity index (χ3v) is 1.97. The predicted molar refractivity (Wildman–Crippen MR) is 41.5 cm³/mol. The van der Waals surface area contributed by atoms with Crippen molar-refractivity contribution >= 4 is 17.8 Å². The molecule has 0 aliphatic carbocycles. The number of hydrogen-bond donors (Lipinski definition) is 0. The summed E-state index contributed by atoms with van der Waals surface area (Å²) < 4.78 is 4.09. The topological polar surface area (TPSA) is 30.0 Å². The van der Waals surface area contributed by atoms with Gasteiger partial charge in [-0.15, -0.1) is 0 Å². The van der Waals surface area contributed by atoms with Gasteiger partial charge in [0.1, 0.15) is 0 Å². The molecule has 0 atom stereocenters. The second kappa shape index (κ2) is 3.46. The van der Waals surface area contributed by atoms with Crippen LogP contribution in [0, 0.1) is 0 Å². The van der Waals surface area contributed by atoms with E-state index in [1.165, 1.54) is 11.5 Å². The largest absolute Gasteiger partial charge is 0.298 e. The molecule has 10 heavy (non-hydrogen) atoms. The van der Waals surface area contributed by atoms with Crippen molar-refractivity contribution in [2.75, 3.05) is 0 Å². The van der Waals surface area contributed by atoms with E-state index in [0.29, 0.717) is 0 Å². The van der Waals surface area contributed by atoms with E-state index in [4.69, 9.17) is 0 Å². The Morgan fingerprint density at radius 3 is 3.20 bits per heavy atom. The van der Waals surface area contributed by atoms with Gasteiger partial charge < -0.3 is 0 Å². The maximum Gasteiger partial charge on any atom is 0.152 e. The van der Waals surface area contributed by atoms with Gasteiger partial charge in [-0.25, -0.2) is 0 Å². The molecule has 0 bridgehead atoms. The van der Waals surface area contributed by atoms with E-state index in [1.807, 2.05) is 0 Å². The van der Waals surface area contributed by atoms with E-state index in [0.717, 1.165) is 30.4 Å². The molecule has 0 N–H and O–H groups in total. The molecule has 1 aromatic heterocycles. The molecule has 0 aliphatic heterocycles. The predicted octanol–water partition coefficient (Wildman–Crippen LogP) is 1.91. The van der Waals surface area contributed by atoms with Gasteiger partial charge in [0.2, 0.25) is 0 Å². The zero-order chi connectivity index (χ0) is 7.40. The summed E-state index contributed by atoms with van der Waals surface area (Å²) in [4.78, 5) is 10.3. The SMILES string of the molecule is CCCc1nscc1C=O. The minimum atomic E-state index is 0.756. The summed E-state index contributed by atoms with van der Waals surface area (Å²) in [5.74, 6) is 0. The quantitative estimate of drug-likeness (QED) is 0.624. The molecule has 2 nitrogen and oxygen atoms in total. The van der Waals surface area contributed by atoms with Crippen LogP contribution in [-0.4, -0.2) is 10.7 Å². The van der Waals surface area contributed by atoms with Crippen molar-refractivity contribution in [1.82, 2.24) is 4.37 Å². The second-order valence-corrected chi connectivity index (χ2v) is 2.71. The number of carbonyl (C=O) groups is 1. The molecule has 0 aliphatic rings. The maximum atomic E-state index is 10.3. The molecule has 54 valence electrons. The van der Waals surface area contributed by atoms with Crippen LogP contribution in [0.15, 0.2) is 5.38 Å². The minimum absolute atomic E-state index is 0.756. The van der Waals surface area contributed by atoms with Crippen molar-refractivity contribution in [2.24, 2.45) is 0 Å². The first-order valence-corrected chi connectivity index (χ1v) is 4.10. The summed E-state index contributed by atoms with van der Waals surface area (Å²) >= 11 is 1.35. The Labute approximate surface area is 64.1 Å². The lowest BCUT2D eigenvalue weighted by Crippen LogP contribution is -1.87. The molecule has 3 heteroatoms. The molecule has 0 fully saturated rings. The molecule has 1 heterocycles. The molecular weight excluding hydrogens is 146 g/mol. The van der Waals surface area contributed by atoms with Crippen LogP contribution < -0.4 is 0 Å². The molecule has 0 unspecified atom stereocenters. The van der Waals surface area contributed by atoms with E-state index in [1.54, 1.807) is 5.38 Å². The fraction of sp³-hybridized carbons (Fsp3) is 0.429. The molecule has 0 aromatic carbocycles. The van der Waals surface area contributed by atoms with Crippen LogP contribution in [0.3, 0.4) is 0 Å². The Hall–Kier alpha value is -0.700. The van der Waals surface area contributed by atoms with Crippen LogP contribution in [0.5, 0.6) is 0 Å². The lowest BCUT2D eigenvalue weighted by atomic mass is 10.2. The van der Waals surface area contributed by atoms with E-state index >= 15 is 0 Å². The smallest absolute Gasteiger partial charge is 0.152 e. The van der Waals surface area contributed by atoms with Gasteiger partial charge in [0.05, 0.1) is 5.69 Å². The lowest BCUT2D eigenvalue weighted by Gasteiger charge is -1.89. The van der Waals surface area contributed by atoms with Gasteiger partial charge in [-0.05, 0) is 18.0 Å². The first kappa shape index (κ1) is 7.41. The zero-order valence-corrected chi connectivity index (χ0v) is 6.65. The zero-order valence-electron chi connectivity index (χ0n) is 5.83. The number of carbonyl (C=O) groups excluding carboxylic acids is 1. The van der Waals surface area contributed by atoms with Crippen LogP contribution in [0.2, 0.25) is 0 Å². The van der Waals surface area contributed by atoms with Crippen molar-refractivity contribution in [3.8, 4) is 0 Å². The third kappa shape index (κ3) is 1.42. The Morgan fingerprint density at radius 2 is 2.60 bits per heavy atom. The van der Waals surface area contributed by atoms with Crippen LogP contribution >= 0.6 is 11.5 Å². The van der Waals surface area contributed by atoms with Gasteiger partial charge in [0, 0.05) is 10.9 Å². The van der Waals surface area contributed by atoms with Gasteiger partial charge in [-0.2, -0.15) is 4.37 Å². The molecule has 1 aromatic rings. The summed E-state index contributed by atoms with van der Waals surface area (Å²) in [6.45, 7) is 2.08. The second-order valence-electron chi connectivity index (χ2n) is 2.08. The van der Waals surface area contributed by atoms with Crippen LogP contribution in [0.1, 0.15) is 29.4 Å².